The zero-order valence-electron chi connectivity index (χ0n) is 12.6. The normalized spacial score (nSPS) is 19.4. The van der Waals surface area contributed by atoms with E-state index in [1.54, 1.807) is 13.8 Å². The molecule has 1 aromatic rings. The van der Waals surface area contributed by atoms with Crippen molar-refractivity contribution in [2.75, 3.05) is 19.7 Å². The lowest BCUT2D eigenvalue weighted by Gasteiger charge is -2.30. The minimum Gasteiger partial charge on any atom is -0.389 e. The Labute approximate surface area is 124 Å². The maximum Gasteiger partial charge on any atom is 0.130 e. The van der Waals surface area contributed by atoms with E-state index in [0.717, 1.165) is 25.5 Å². The standard InChI is InChI=1S/C16H23F2NO2/c1-16(2,20)11-19(10-14-4-3-7-21-14)9-12-5-6-13(17)8-15(12)18/h5-6,8,14,20H,3-4,7,9-11H2,1-2H3. The fraction of sp³-hybridized carbons (Fsp3) is 0.625. The molecule has 1 heterocycles. The van der Waals surface area contributed by atoms with Gasteiger partial charge in [0.25, 0.3) is 0 Å². The molecule has 0 spiro atoms. The van der Waals surface area contributed by atoms with E-state index >= 15 is 0 Å². The molecule has 1 fully saturated rings. The van der Waals surface area contributed by atoms with Gasteiger partial charge in [-0.05, 0) is 32.8 Å². The predicted octanol–water partition coefficient (Wildman–Crippen LogP) is 2.72. The maximum atomic E-state index is 13.8. The number of hydrogen-bond acceptors (Lipinski definition) is 3. The minimum absolute atomic E-state index is 0.121. The van der Waals surface area contributed by atoms with Gasteiger partial charge in [0.15, 0.2) is 0 Å². The quantitative estimate of drug-likeness (QED) is 0.876. The Morgan fingerprint density at radius 2 is 2.14 bits per heavy atom. The summed E-state index contributed by atoms with van der Waals surface area (Å²) in [5.74, 6) is -1.13. The second-order valence-electron chi connectivity index (χ2n) is 6.35. The van der Waals surface area contributed by atoms with Crippen LogP contribution in [0, 0.1) is 11.6 Å². The van der Waals surface area contributed by atoms with Crippen LogP contribution in [0.3, 0.4) is 0 Å². The average molecular weight is 299 g/mol. The van der Waals surface area contributed by atoms with E-state index < -0.39 is 17.2 Å². The summed E-state index contributed by atoms with van der Waals surface area (Å²) >= 11 is 0. The van der Waals surface area contributed by atoms with Gasteiger partial charge < -0.3 is 9.84 Å². The molecule has 1 atom stereocenters. The maximum absolute atomic E-state index is 13.8. The first kappa shape index (κ1) is 16.3. The molecule has 1 aliphatic heterocycles. The van der Waals surface area contributed by atoms with Gasteiger partial charge in [0, 0.05) is 37.9 Å². The Kier molecular flexibility index (Phi) is 5.30. The van der Waals surface area contributed by atoms with Crippen molar-refractivity contribution in [3.63, 3.8) is 0 Å². The molecular formula is C16H23F2NO2. The Balaban J connectivity index is 2.06. The van der Waals surface area contributed by atoms with E-state index in [0.29, 0.717) is 25.2 Å². The van der Waals surface area contributed by atoms with Gasteiger partial charge in [0.2, 0.25) is 0 Å². The number of benzene rings is 1. The summed E-state index contributed by atoms with van der Waals surface area (Å²) in [6.45, 7) is 5.57. The second kappa shape index (κ2) is 6.81. The molecule has 0 aliphatic carbocycles. The third kappa shape index (κ3) is 5.34. The largest absolute Gasteiger partial charge is 0.389 e. The van der Waals surface area contributed by atoms with Crippen molar-refractivity contribution < 1.29 is 18.6 Å². The molecule has 1 saturated heterocycles. The first-order valence-electron chi connectivity index (χ1n) is 7.34. The first-order valence-corrected chi connectivity index (χ1v) is 7.34. The van der Waals surface area contributed by atoms with Crippen molar-refractivity contribution in [3.8, 4) is 0 Å². The third-order valence-corrected chi connectivity index (χ3v) is 3.51. The highest BCUT2D eigenvalue weighted by molar-refractivity contribution is 5.18. The van der Waals surface area contributed by atoms with Crippen molar-refractivity contribution >= 4 is 0 Å². The highest BCUT2D eigenvalue weighted by Gasteiger charge is 2.24. The number of halogens is 2. The number of ether oxygens (including phenoxy) is 1. The zero-order valence-corrected chi connectivity index (χ0v) is 12.6. The average Bonchev–Trinajstić information content (AvgIpc) is 2.83. The lowest BCUT2D eigenvalue weighted by Crippen LogP contribution is -2.42. The van der Waals surface area contributed by atoms with Crippen molar-refractivity contribution in [2.45, 2.75) is 44.9 Å². The molecular weight excluding hydrogens is 276 g/mol. The van der Waals surface area contributed by atoms with Gasteiger partial charge in [0.1, 0.15) is 11.6 Å². The van der Waals surface area contributed by atoms with Gasteiger partial charge in [0.05, 0.1) is 11.7 Å². The number of rotatable bonds is 6. The molecule has 1 unspecified atom stereocenters. The predicted molar refractivity (Wildman–Crippen MR) is 76.9 cm³/mol. The van der Waals surface area contributed by atoms with Crippen LogP contribution < -0.4 is 0 Å². The molecule has 21 heavy (non-hydrogen) atoms. The number of hydrogen-bond donors (Lipinski definition) is 1. The first-order chi connectivity index (χ1) is 9.83. The summed E-state index contributed by atoms with van der Waals surface area (Å²) in [4.78, 5) is 1.96. The Morgan fingerprint density at radius 3 is 2.71 bits per heavy atom. The summed E-state index contributed by atoms with van der Waals surface area (Å²) < 4.78 is 32.4. The van der Waals surface area contributed by atoms with Gasteiger partial charge in [-0.15, -0.1) is 0 Å². The van der Waals surface area contributed by atoms with E-state index in [1.165, 1.54) is 12.1 Å². The van der Waals surface area contributed by atoms with Crippen LogP contribution in [-0.2, 0) is 11.3 Å². The van der Waals surface area contributed by atoms with E-state index in [1.807, 2.05) is 4.90 Å². The third-order valence-electron chi connectivity index (χ3n) is 3.51. The molecule has 0 bridgehead atoms. The smallest absolute Gasteiger partial charge is 0.130 e. The topological polar surface area (TPSA) is 32.7 Å². The minimum atomic E-state index is -0.880. The van der Waals surface area contributed by atoms with Crippen molar-refractivity contribution in [2.24, 2.45) is 0 Å². The van der Waals surface area contributed by atoms with Gasteiger partial charge >= 0.3 is 0 Å². The van der Waals surface area contributed by atoms with Crippen LogP contribution in [0.5, 0.6) is 0 Å². The lowest BCUT2D eigenvalue weighted by atomic mass is 10.1. The molecule has 2 rings (SSSR count). The van der Waals surface area contributed by atoms with Crippen LogP contribution in [0.2, 0.25) is 0 Å². The van der Waals surface area contributed by atoms with Crippen LogP contribution >= 0.6 is 0 Å². The Morgan fingerprint density at radius 1 is 1.38 bits per heavy atom. The molecule has 0 saturated carbocycles. The SMILES string of the molecule is CC(C)(O)CN(Cc1ccc(F)cc1F)CC1CCCO1. The van der Waals surface area contributed by atoms with E-state index in [-0.39, 0.29) is 6.10 Å². The van der Waals surface area contributed by atoms with Crippen LogP contribution in [-0.4, -0.2) is 41.4 Å². The van der Waals surface area contributed by atoms with Crippen molar-refractivity contribution in [1.29, 1.82) is 0 Å². The molecule has 3 nitrogen and oxygen atoms in total. The van der Waals surface area contributed by atoms with Gasteiger partial charge in [-0.2, -0.15) is 0 Å². The van der Waals surface area contributed by atoms with Crippen LogP contribution in [0.25, 0.3) is 0 Å². The zero-order chi connectivity index (χ0) is 15.5. The fourth-order valence-electron chi connectivity index (χ4n) is 2.70. The Bertz CT molecular complexity index is 468. The summed E-state index contributed by atoms with van der Waals surface area (Å²) in [6.07, 6.45) is 2.14. The molecule has 0 amide bonds. The summed E-state index contributed by atoms with van der Waals surface area (Å²) in [6, 6.07) is 3.61. The fourth-order valence-corrected chi connectivity index (χ4v) is 2.70. The monoisotopic (exact) mass is 299 g/mol. The van der Waals surface area contributed by atoms with E-state index in [4.69, 9.17) is 4.74 Å². The highest BCUT2D eigenvalue weighted by atomic mass is 19.1. The summed E-state index contributed by atoms with van der Waals surface area (Å²) in [5.41, 5.74) is -0.451. The van der Waals surface area contributed by atoms with E-state index in [9.17, 15) is 13.9 Å². The molecule has 1 aromatic carbocycles. The van der Waals surface area contributed by atoms with E-state index in [2.05, 4.69) is 0 Å². The second-order valence-corrected chi connectivity index (χ2v) is 6.35. The van der Waals surface area contributed by atoms with Crippen molar-refractivity contribution in [1.82, 2.24) is 4.90 Å². The number of aliphatic hydroxyl groups is 1. The molecule has 0 aromatic heterocycles. The summed E-state index contributed by atoms with van der Waals surface area (Å²) in [7, 11) is 0. The lowest BCUT2D eigenvalue weighted by molar-refractivity contribution is 0.00843. The summed E-state index contributed by atoms with van der Waals surface area (Å²) in [5, 5.41) is 10.0. The molecule has 5 heteroatoms. The molecule has 1 N–H and O–H groups in total. The van der Waals surface area contributed by atoms with Crippen LogP contribution in [0.4, 0.5) is 8.78 Å². The van der Waals surface area contributed by atoms with Crippen LogP contribution in [0.1, 0.15) is 32.3 Å². The molecule has 0 radical (unpaired) electrons. The molecule has 1 aliphatic rings. The number of nitrogens with zero attached hydrogens (tertiary/aromatic N) is 1. The van der Waals surface area contributed by atoms with Crippen molar-refractivity contribution in [3.05, 3.63) is 35.4 Å². The van der Waals surface area contributed by atoms with Gasteiger partial charge in [-0.3, -0.25) is 4.90 Å². The van der Waals surface area contributed by atoms with Gasteiger partial charge in [-0.25, -0.2) is 8.78 Å². The van der Waals surface area contributed by atoms with Crippen LogP contribution in [0.15, 0.2) is 18.2 Å². The van der Waals surface area contributed by atoms with Gasteiger partial charge in [-0.1, -0.05) is 6.07 Å². The molecule has 118 valence electrons. The Hall–Kier alpha value is -1.04. The highest BCUT2D eigenvalue weighted by Crippen LogP contribution is 2.18.